The van der Waals surface area contributed by atoms with Gasteiger partial charge >= 0.3 is 6.03 Å². The number of amides is 4. The first kappa shape index (κ1) is 23.3. The van der Waals surface area contributed by atoms with E-state index in [2.05, 4.69) is 31.4 Å². The maximum Gasteiger partial charge on any atom is 0.325 e. The quantitative estimate of drug-likeness (QED) is 0.606. The summed E-state index contributed by atoms with van der Waals surface area (Å²) in [5.74, 6) is 0.0771. The molecule has 4 amide bonds. The highest BCUT2D eigenvalue weighted by atomic mass is 16.2. The number of hydrogen-bond acceptors (Lipinski definition) is 3. The average molecular weight is 428 g/mol. The van der Waals surface area contributed by atoms with Crippen LogP contribution in [-0.2, 0) is 15.1 Å². The molecule has 0 radical (unpaired) electrons. The summed E-state index contributed by atoms with van der Waals surface area (Å²) in [4.78, 5) is 39.8. The molecule has 1 saturated carbocycles. The smallest absolute Gasteiger partial charge is 0.325 e. The van der Waals surface area contributed by atoms with Gasteiger partial charge in [0.25, 0.3) is 5.91 Å². The third kappa shape index (κ3) is 4.78. The van der Waals surface area contributed by atoms with Crippen molar-refractivity contribution in [1.29, 1.82) is 0 Å². The first-order valence-electron chi connectivity index (χ1n) is 11.7. The van der Waals surface area contributed by atoms with Gasteiger partial charge < -0.3 is 10.6 Å². The minimum atomic E-state index is -1.09. The fourth-order valence-corrected chi connectivity index (χ4v) is 5.10. The molecular weight excluding hydrogens is 390 g/mol. The van der Waals surface area contributed by atoms with E-state index >= 15 is 0 Å². The molecule has 6 nitrogen and oxygen atoms in total. The van der Waals surface area contributed by atoms with Gasteiger partial charge in [0, 0.05) is 6.04 Å². The number of hydrogen-bond donors (Lipinski definition) is 2. The Hall–Kier alpha value is -2.37. The lowest BCUT2D eigenvalue weighted by Gasteiger charge is -2.39. The van der Waals surface area contributed by atoms with Crippen molar-refractivity contribution >= 4 is 17.8 Å². The van der Waals surface area contributed by atoms with Gasteiger partial charge in [-0.3, -0.25) is 14.5 Å². The highest BCUT2D eigenvalue weighted by Crippen LogP contribution is 2.40. The molecule has 1 atom stereocenters. The number of imide groups is 1. The van der Waals surface area contributed by atoms with E-state index in [4.69, 9.17) is 0 Å². The van der Waals surface area contributed by atoms with Crippen LogP contribution < -0.4 is 10.6 Å². The molecule has 2 fully saturated rings. The van der Waals surface area contributed by atoms with Crippen molar-refractivity contribution in [2.45, 2.75) is 84.2 Å². The molecule has 0 bridgehead atoms. The molecule has 3 rings (SSSR count). The Morgan fingerprint density at radius 3 is 2.35 bits per heavy atom. The molecule has 2 aliphatic rings. The van der Waals surface area contributed by atoms with Crippen LogP contribution in [0.15, 0.2) is 30.3 Å². The van der Waals surface area contributed by atoms with Crippen molar-refractivity contribution in [1.82, 2.24) is 15.5 Å². The van der Waals surface area contributed by atoms with Crippen molar-refractivity contribution in [2.24, 2.45) is 11.3 Å². The summed E-state index contributed by atoms with van der Waals surface area (Å²) in [5, 5.41) is 5.94. The van der Waals surface area contributed by atoms with Crippen molar-refractivity contribution in [3.05, 3.63) is 35.9 Å². The van der Waals surface area contributed by atoms with Crippen LogP contribution in [0.25, 0.3) is 0 Å². The molecule has 1 saturated heterocycles. The Morgan fingerprint density at radius 1 is 1.13 bits per heavy atom. The van der Waals surface area contributed by atoms with Crippen LogP contribution in [0, 0.1) is 11.3 Å². The fourth-order valence-electron chi connectivity index (χ4n) is 5.10. The Kier molecular flexibility index (Phi) is 7.07. The second-order valence-electron chi connectivity index (χ2n) is 9.80. The number of carbonyl (C=O) groups excluding carboxylic acids is 3. The predicted molar refractivity (Wildman–Crippen MR) is 121 cm³/mol. The molecule has 170 valence electrons. The van der Waals surface area contributed by atoms with E-state index in [0.717, 1.165) is 49.0 Å². The molecular formula is C25H37N3O3. The Morgan fingerprint density at radius 2 is 1.77 bits per heavy atom. The zero-order valence-electron chi connectivity index (χ0n) is 19.4. The topological polar surface area (TPSA) is 78.5 Å². The Balaban J connectivity index is 1.62. The van der Waals surface area contributed by atoms with Gasteiger partial charge in [0.1, 0.15) is 12.1 Å². The van der Waals surface area contributed by atoms with E-state index in [1.807, 2.05) is 37.3 Å². The number of carbonyl (C=O) groups is 3. The monoisotopic (exact) mass is 427 g/mol. The van der Waals surface area contributed by atoms with Crippen LogP contribution in [0.2, 0.25) is 0 Å². The lowest BCUT2D eigenvalue weighted by atomic mass is 9.69. The molecule has 1 aromatic rings. The summed E-state index contributed by atoms with van der Waals surface area (Å²) >= 11 is 0. The zero-order valence-corrected chi connectivity index (χ0v) is 19.4. The van der Waals surface area contributed by atoms with Crippen molar-refractivity contribution in [2.75, 3.05) is 6.54 Å². The molecule has 6 heteroatoms. The molecule has 2 N–H and O–H groups in total. The number of rotatable bonds is 8. The SMILES string of the molecule is CCC[C@@]1(c2ccccc2)NC(=O)N(CC(=O)NC2CCC(C(C)(C)CC)CC2)C1=O. The Labute approximate surface area is 186 Å². The third-order valence-electron chi connectivity index (χ3n) is 7.48. The van der Waals surface area contributed by atoms with E-state index < -0.39 is 11.6 Å². The first-order valence-corrected chi connectivity index (χ1v) is 11.7. The molecule has 1 aliphatic carbocycles. The fraction of sp³-hybridized carbons (Fsp3) is 0.640. The molecule has 31 heavy (non-hydrogen) atoms. The minimum absolute atomic E-state index is 0.117. The predicted octanol–water partition coefficient (Wildman–Crippen LogP) is 4.35. The van der Waals surface area contributed by atoms with Crippen LogP contribution in [0.4, 0.5) is 4.79 Å². The van der Waals surface area contributed by atoms with Crippen LogP contribution in [0.1, 0.15) is 78.2 Å². The van der Waals surface area contributed by atoms with E-state index in [0.29, 0.717) is 17.8 Å². The zero-order chi connectivity index (χ0) is 22.6. The van der Waals surface area contributed by atoms with Crippen LogP contribution in [0.3, 0.4) is 0 Å². The second-order valence-corrected chi connectivity index (χ2v) is 9.80. The third-order valence-corrected chi connectivity index (χ3v) is 7.48. The lowest BCUT2D eigenvalue weighted by molar-refractivity contribution is -0.135. The average Bonchev–Trinajstić information content (AvgIpc) is 3.00. The van der Waals surface area contributed by atoms with E-state index in [1.54, 1.807) is 0 Å². The van der Waals surface area contributed by atoms with Gasteiger partial charge in [-0.2, -0.15) is 0 Å². The molecule has 1 aromatic carbocycles. The maximum absolute atomic E-state index is 13.3. The standard InChI is InChI=1S/C25H37N3O3/c1-5-16-25(19-10-8-7-9-11-19)22(30)28(23(31)27-25)17-21(29)26-20-14-12-18(13-15-20)24(3,4)6-2/h7-11,18,20H,5-6,12-17H2,1-4H3,(H,26,29)(H,27,31)/t18?,20?,25-/m0/s1. The van der Waals surface area contributed by atoms with E-state index in [1.165, 1.54) is 0 Å². The first-order chi connectivity index (χ1) is 14.7. The van der Waals surface area contributed by atoms with E-state index in [9.17, 15) is 14.4 Å². The van der Waals surface area contributed by atoms with Gasteiger partial charge in [-0.15, -0.1) is 0 Å². The van der Waals surface area contributed by atoms with Gasteiger partial charge in [0.05, 0.1) is 0 Å². The number of benzene rings is 1. The summed E-state index contributed by atoms with van der Waals surface area (Å²) in [6.45, 7) is 8.63. The van der Waals surface area contributed by atoms with Gasteiger partial charge in [0.15, 0.2) is 0 Å². The summed E-state index contributed by atoms with van der Waals surface area (Å²) in [7, 11) is 0. The molecule has 0 spiro atoms. The highest BCUT2D eigenvalue weighted by Gasteiger charge is 2.52. The summed E-state index contributed by atoms with van der Waals surface area (Å²) in [5.41, 5.74) is 0.00155. The summed E-state index contributed by atoms with van der Waals surface area (Å²) in [6, 6.07) is 8.93. The van der Waals surface area contributed by atoms with Crippen molar-refractivity contribution < 1.29 is 14.4 Å². The van der Waals surface area contributed by atoms with Crippen molar-refractivity contribution in [3.8, 4) is 0 Å². The summed E-state index contributed by atoms with van der Waals surface area (Å²) < 4.78 is 0. The summed E-state index contributed by atoms with van der Waals surface area (Å²) in [6.07, 6.45) is 6.48. The van der Waals surface area contributed by atoms with Gasteiger partial charge in [0.2, 0.25) is 5.91 Å². The van der Waals surface area contributed by atoms with E-state index in [-0.39, 0.29) is 24.4 Å². The lowest BCUT2D eigenvalue weighted by Crippen LogP contribution is -2.47. The van der Waals surface area contributed by atoms with Crippen LogP contribution >= 0.6 is 0 Å². The normalized spacial score (nSPS) is 26.6. The van der Waals surface area contributed by atoms with Gasteiger partial charge in [-0.25, -0.2) is 4.79 Å². The number of nitrogens with one attached hydrogen (secondary N) is 2. The highest BCUT2D eigenvalue weighted by molar-refractivity contribution is 6.09. The van der Waals surface area contributed by atoms with Crippen LogP contribution in [0.5, 0.6) is 0 Å². The van der Waals surface area contributed by atoms with Gasteiger partial charge in [-0.1, -0.05) is 70.9 Å². The molecule has 0 unspecified atom stereocenters. The minimum Gasteiger partial charge on any atom is -0.352 e. The Bertz CT molecular complexity index is 799. The molecule has 1 heterocycles. The largest absolute Gasteiger partial charge is 0.352 e. The maximum atomic E-state index is 13.3. The molecule has 0 aromatic heterocycles. The molecule has 1 aliphatic heterocycles. The van der Waals surface area contributed by atoms with Gasteiger partial charge in [-0.05, 0) is 49.0 Å². The van der Waals surface area contributed by atoms with Crippen LogP contribution in [-0.4, -0.2) is 35.3 Å². The second kappa shape index (κ2) is 9.41. The number of nitrogens with zero attached hydrogens (tertiary/aromatic N) is 1. The number of urea groups is 1. The van der Waals surface area contributed by atoms with Crippen molar-refractivity contribution in [3.63, 3.8) is 0 Å².